The molecule has 0 spiro atoms. The molecule has 1 saturated carbocycles. The molecule has 272 valence electrons. The molecule has 0 bridgehead atoms. The van der Waals surface area contributed by atoms with Crippen LogP contribution in [0.3, 0.4) is 0 Å². The highest BCUT2D eigenvalue weighted by Gasteiger charge is 2.36. The average molecular weight is 694 g/mol. The lowest BCUT2D eigenvalue weighted by atomic mass is 9.93. The number of carbonyl (C=O) groups excluding carboxylic acids is 5. The molecular weight excluding hydrogens is 642 g/mol. The summed E-state index contributed by atoms with van der Waals surface area (Å²) in [6.45, 7) is 7.15. The number of hydrogen-bond acceptors (Lipinski definition) is 8. The molecule has 3 heterocycles. The summed E-state index contributed by atoms with van der Waals surface area (Å²) in [5.74, 6) is -1.23. The van der Waals surface area contributed by atoms with Crippen LogP contribution in [0.1, 0.15) is 89.0 Å². The first kappa shape index (κ1) is 36.7. The summed E-state index contributed by atoms with van der Waals surface area (Å²) in [7, 11) is 0. The Morgan fingerprint density at radius 1 is 0.920 bits per heavy atom. The van der Waals surface area contributed by atoms with Gasteiger partial charge >= 0.3 is 6.09 Å². The Morgan fingerprint density at radius 2 is 1.64 bits per heavy atom. The molecule has 2 atom stereocenters. The molecule has 5 amide bonds. The Kier molecular flexibility index (Phi) is 12.7. The van der Waals surface area contributed by atoms with Gasteiger partial charge in [0.2, 0.25) is 17.7 Å². The number of para-hydroxylation sites is 1. The van der Waals surface area contributed by atoms with Crippen molar-refractivity contribution in [3.05, 3.63) is 42.1 Å². The molecule has 14 nitrogen and oxygen atoms in total. The SMILES string of the molecule is CCCCOC(=O)NC1CCN(C(=O)C(NC(=O)c2cc(OCC(=O)N3CCCC3C(=O)NC3CCC3)n(-c3ccccc3)n2)C(C)C)CC1. The number of rotatable bonds is 14. The fourth-order valence-corrected chi connectivity index (χ4v) is 6.43. The van der Waals surface area contributed by atoms with E-state index in [2.05, 4.69) is 21.0 Å². The molecule has 2 aliphatic heterocycles. The zero-order valence-corrected chi connectivity index (χ0v) is 29.4. The molecule has 0 radical (unpaired) electrons. The molecule has 14 heteroatoms. The predicted molar refractivity (Wildman–Crippen MR) is 185 cm³/mol. The minimum absolute atomic E-state index is 0.0261. The Balaban J connectivity index is 1.21. The van der Waals surface area contributed by atoms with Gasteiger partial charge in [-0.15, -0.1) is 0 Å². The molecular formula is C36H51N7O7. The number of piperidine rings is 1. The second-order valence-corrected chi connectivity index (χ2v) is 13.7. The van der Waals surface area contributed by atoms with Crippen molar-refractivity contribution in [1.29, 1.82) is 0 Å². The van der Waals surface area contributed by atoms with E-state index in [1.165, 1.54) is 10.7 Å². The van der Waals surface area contributed by atoms with E-state index < -0.39 is 24.1 Å². The summed E-state index contributed by atoms with van der Waals surface area (Å²) in [4.78, 5) is 68.8. The Labute approximate surface area is 293 Å². The molecule has 5 rings (SSSR count). The third-order valence-electron chi connectivity index (χ3n) is 9.66. The number of benzene rings is 1. The Hall–Kier alpha value is -4.62. The number of nitrogens with one attached hydrogen (secondary N) is 3. The zero-order valence-electron chi connectivity index (χ0n) is 29.4. The standard InChI is InChI=1S/C36H51N7O7/c1-4-5-21-49-36(48)38-26-16-19-41(20-17-26)35(47)32(24(2)3)39-33(45)28-22-31(43(40-28)27-13-7-6-8-14-27)50-23-30(44)42-18-10-15-29(42)34(46)37-25-11-9-12-25/h6-8,13-14,22,24-26,29,32H,4-5,9-12,15-21,23H2,1-3H3,(H,37,46)(H,38,48)(H,39,45). The van der Waals surface area contributed by atoms with Crippen LogP contribution in [-0.4, -0.2) is 106 Å². The van der Waals surface area contributed by atoms with E-state index >= 15 is 0 Å². The number of ether oxygens (including phenoxy) is 2. The highest BCUT2D eigenvalue weighted by atomic mass is 16.5. The van der Waals surface area contributed by atoms with E-state index in [1.54, 1.807) is 21.9 Å². The van der Waals surface area contributed by atoms with Gasteiger partial charge in [-0.1, -0.05) is 45.4 Å². The van der Waals surface area contributed by atoms with Gasteiger partial charge in [-0.3, -0.25) is 19.2 Å². The van der Waals surface area contributed by atoms with Crippen LogP contribution in [0, 0.1) is 5.92 Å². The van der Waals surface area contributed by atoms with Crippen molar-refractivity contribution < 1.29 is 33.4 Å². The smallest absolute Gasteiger partial charge is 0.407 e. The quantitative estimate of drug-likeness (QED) is 0.254. The third-order valence-corrected chi connectivity index (χ3v) is 9.66. The lowest BCUT2D eigenvalue weighted by Gasteiger charge is -2.35. The van der Waals surface area contributed by atoms with Crippen LogP contribution in [0.15, 0.2) is 36.4 Å². The van der Waals surface area contributed by atoms with Crippen molar-refractivity contribution in [1.82, 2.24) is 35.5 Å². The van der Waals surface area contributed by atoms with E-state index in [0.717, 1.165) is 38.5 Å². The van der Waals surface area contributed by atoms with E-state index in [1.807, 2.05) is 39.0 Å². The first-order valence-corrected chi connectivity index (χ1v) is 18.1. The third kappa shape index (κ3) is 9.33. The second-order valence-electron chi connectivity index (χ2n) is 13.7. The molecule has 3 N–H and O–H groups in total. The van der Waals surface area contributed by atoms with Gasteiger partial charge in [-0.2, -0.15) is 5.10 Å². The molecule has 3 fully saturated rings. The molecule has 2 unspecified atom stereocenters. The lowest BCUT2D eigenvalue weighted by Crippen LogP contribution is -2.54. The van der Waals surface area contributed by atoms with Gasteiger partial charge in [0.05, 0.1) is 12.3 Å². The maximum absolute atomic E-state index is 13.6. The van der Waals surface area contributed by atoms with Crippen molar-refractivity contribution in [2.45, 2.75) is 103 Å². The molecule has 2 aromatic rings. The maximum atomic E-state index is 13.6. The van der Waals surface area contributed by atoms with Crippen LogP contribution in [-0.2, 0) is 19.1 Å². The van der Waals surface area contributed by atoms with Gasteiger partial charge in [0.25, 0.3) is 11.8 Å². The highest BCUT2D eigenvalue weighted by Crippen LogP contribution is 2.24. The minimum Gasteiger partial charge on any atom is -0.467 e. The largest absolute Gasteiger partial charge is 0.467 e. The molecule has 1 aliphatic carbocycles. The second kappa shape index (κ2) is 17.3. The van der Waals surface area contributed by atoms with Gasteiger partial charge < -0.3 is 35.2 Å². The monoisotopic (exact) mass is 693 g/mol. The van der Waals surface area contributed by atoms with Gasteiger partial charge in [0.15, 0.2) is 12.3 Å². The van der Waals surface area contributed by atoms with Crippen LogP contribution in [0.25, 0.3) is 5.69 Å². The van der Waals surface area contributed by atoms with Gasteiger partial charge in [0.1, 0.15) is 12.1 Å². The van der Waals surface area contributed by atoms with Crippen LogP contribution in [0.2, 0.25) is 0 Å². The normalized spacial score (nSPS) is 18.7. The van der Waals surface area contributed by atoms with Crippen LogP contribution in [0.4, 0.5) is 4.79 Å². The van der Waals surface area contributed by atoms with Crippen molar-refractivity contribution >= 4 is 29.7 Å². The number of nitrogens with zero attached hydrogens (tertiary/aromatic N) is 4. The highest BCUT2D eigenvalue weighted by molar-refractivity contribution is 5.96. The van der Waals surface area contributed by atoms with Crippen molar-refractivity contribution in [3.63, 3.8) is 0 Å². The topological polar surface area (TPSA) is 164 Å². The fraction of sp³-hybridized carbons (Fsp3) is 0.611. The predicted octanol–water partition coefficient (Wildman–Crippen LogP) is 3.18. The molecule has 2 saturated heterocycles. The summed E-state index contributed by atoms with van der Waals surface area (Å²) >= 11 is 0. The number of hydrogen-bond donors (Lipinski definition) is 3. The number of alkyl carbamates (subject to hydrolysis) is 1. The van der Waals surface area contributed by atoms with Crippen molar-refractivity contribution in [3.8, 4) is 11.6 Å². The summed E-state index contributed by atoms with van der Waals surface area (Å²) in [5, 5.41) is 13.3. The van der Waals surface area contributed by atoms with Crippen molar-refractivity contribution in [2.24, 2.45) is 5.92 Å². The van der Waals surface area contributed by atoms with Gasteiger partial charge in [0, 0.05) is 37.8 Å². The van der Waals surface area contributed by atoms with Gasteiger partial charge in [-0.05, 0) is 69.4 Å². The Morgan fingerprint density at radius 3 is 2.30 bits per heavy atom. The summed E-state index contributed by atoms with van der Waals surface area (Å²) < 4.78 is 12.6. The van der Waals surface area contributed by atoms with Crippen LogP contribution in [0.5, 0.6) is 5.88 Å². The van der Waals surface area contributed by atoms with Gasteiger partial charge in [-0.25, -0.2) is 9.48 Å². The number of aromatic nitrogens is 2. The molecule has 3 aliphatic rings. The zero-order chi connectivity index (χ0) is 35.6. The van der Waals surface area contributed by atoms with E-state index in [0.29, 0.717) is 51.2 Å². The number of amides is 5. The van der Waals surface area contributed by atoms with Crippen molar-refractivity contribution in [2.75, 3.05) is 32.8 Å². The first-order chi connectivity index (χ1) is 24.1. The van der Waals surface area contributed by atoms with Crippen LogP contribution < -0.4 is 20.7 Å². The molecule has 1 aromatic carbocycles. The number of carbonyl (C=O) groups is 5. The maximum Gasteiger partial charge on any atom is 0.407 e. The average Bonchev–Trinajstić information content (AvgIpc) is 3.76. The minimum atomic E-state index is -0.808. The van der Waals surface area contributed by atoms with E-state index in [9.17, 15) is 24.0 Å². The summed E-state index contributed by atoms with van der Waals surface area (Å²) in [5.41, 5.74) is 0.647. The molecule has 50 heavy (non-hydrogen) atoms. The number of likely N-dealkylation sites (tertiary alicyclic amines) is 2. The fourth-order valence-electron chi connectivity index (χ4n) is 6.43. The number of unbranched alkanes of at least 4 members (excludes halogenated alkanes) is 1. The summed E-state index contributed by atoms with van der Waals surface area (Å²) in [6.07, 6.45) is 6.85. The lowest BCUT2D eigenvalue weighted by molar-refractivity contribution is -0.140. The summed E-state index contributed by atoms with van der Waals surface area (Å²) in [6, 6.07) is 9.32. The Bertz CT molecular complexity index is 1480. The van der Waals surface area contributed by atoms with Crippen LogP contribution >= 0.6 is 0 Å². The van der Waals surface area contributed by atoms with E-state index in [-0.39, 0.29) is 53.9 Å². The first-order valence-electron chi connectivity index (χ1n) is 18.1. The van der Waals surface area contributed by atoms with E-state index in [4.69, 9.17) is 9.47 Å². The molecule has 1 aromatic heterocycles.